The molecule has 8 fully saturated rings. The minimum absolute atomic E-state index is 0.0952. The smallest absolute Gasteiger partial charge is 0.265 e. The number of hydrogen-bond acceptors (Lipinski definition) is 12. The quantitative estimate of drug-likeness (QED) is 0.348. The van der Waals surface area contributed by atoms with Crippen LogP contribution in [0.5, 0.6) is 0 Å². The van der Waals surface area contributed by atoms with Crippen LogP contribution in [-0.2, 0) is 30.0 Å². The first-order chi connectivity index (χ1) is 22.4. The Kier molecular flexibility index (Phi) is 5.26. The van der Waals surface area contributed by atoms with E-state index in [0.29, 0.717) is 0 Å². The van der Waals surface area contributed by atoms with Crippen LogP contribution in [0.4, 0.5) is 11.4 Å². The third-order valence-corrected chi connectivity index (χ3v) is 20.3. The highest BCUT2D eigenvalue weighted by Crippen LogP contribution is 2.81. The summed E-state index contributed by atoms with van der Waals surface area (Å²) in [6, 6.07) is 15.9. The Morgan fingerprint density at radius 3 is 2.23 bits per heavy atom. The molecule has 10 aliphatic heterocycles. The van der Waals surface area contributed by atoms with Gasteiger partial charge < -0.3 is 25.7 Å². The van der Waals surface area contributed by atoms with Gasteiger partial charge in [-0.2, -0.15) is 0 Å². The van der Waals surface area contributed by atoms with Gasteiger partial charge in [-0.1, -0.05) is 75.7 Å². The molecule has 0 saturated carbocycles. The molecular weight excluding hydrogens is 679 g/mol. The fraction of sp³-hybridized carbons (Fsp3) is 0.500. The number of amides is 3. The van der Waals surface area contributed by atoms with Crippen LogP contribution in [0, 0.1) is 5.92 Å². The zero-order valence-electron chi connectivity index (χ0n) is 25.6. The van der Waals surface area contributed by atoms with Gasteiger partial charge in [-0.25, -0.2) is 0 Å². The zero-order chi connectivity index (χ0) is 32.7. The maximum atomic E-state index is 14.9. The highest BCUT2D eigenvalue weighted by atomic mass is 33.1. The van der Waals surface area contributed by atoms with Crippen molar-refractivity contribution in [1.29, 1.82) is 0 Å². The SMILES string of the molecule is CC1C(=O)[C@@]23C[C@]4([C@]56C[C@@]78SS[C@](CO)(C(=O)N7[C@H]5Nc5ccccc56)N(C)C8=O)c5ccccc5N[C@]4(C)N2C(=O)[C@@]1(CO)SS3. The topological polar surface area (TPSA) is 143 Å². The molecule has 244 valence electrons. The molecule has 9 atom stereocenters. The summed E-state index contributed by atoms with van der Waals surface area (Å²) in [6.07, 6.45) is -0.274. The standard InChI is InChI=1S/C32H31N5O6S4/c1-16-21(40)30-13-29(18-9-5-7-11-20(18)34-26(29,2)37(30)23(41)28(16,14-38)44-45-30)27-12-31-24(42)35(3)32(15-39,47-46-31)25(43)36(31)22(27)33-19-10-6-4-8-17(19)27/h4-11,16,22,33-34,38-39H,12-15H2,1-3H3/t16?,22-,26-,27+,28+,29+,30+,31+,32-/m1/s1. The predicted octanol–water partition coefficient (Wildman–Crippen LogP) is 2.51. The van der Waals surface area contributed by atoms with Gasteiger partial charge in [0.05, 0.1) is 24.0 Å². The first-order valence-electron chi connectivity index (χ1n) is 15.6. The van der Waals surface area contributed by atoms with E-state index in [0.717, 1.165) is 22.5 Å². The van der Waals surface area contributed by atoms with E-state index in [2.05, 4.69) is 16.7 Å². The lowest BCUT2D eigenvalue weighted by Crippen LogP contribution is -2.77. The Labute approximate surface area is 286 Å². The van der Waals surface area contributed by atoms with Gasteiger partial charge in [0.25, 0.3) is 11.8 Å². The summed E-state index contributed by atoms with van der Waals surface area (Å²) in [5.74, 6) is -1.67. The van der Waals surface area contributed by atoms with E-state index in [1.807, 2.05) is 49.4 Å². The molecule has 2 spiro atoms. The number of fused-ring (bicyclic) bond motifs is 11. The van der Waals surface area contributed by atoms with Gasteiger partial charge in [0.1, 0.15) is 16.6 Å². The number of ketones is 1. The minimum atomic E-state index is -1.48. The fourth-order valence-electron chi connectivity index (χ4n) is 10.8. The monoisotopic (exact) mass is 709 g/mol. The molecule has 3 amide bonds. The van der Waals surface area contributed by atoms with E-state index in [1.165, 1.54) is 48.1 Å². The number of aliphatic hydroxyl groups excluding tert-OH is 2. The molecule has 0 aliphatic carbocycles. The van der Waals surface area contributed by atoms with Crippen molar-refractivity contribution >= 4 is 78.1 Å². The number of likely N-dealkylation sites (N-methyl/N-ethyl adjacent to an activating group) is 1. The maximum absolute atomic E-state index is 14.9. The van der Waals surface area contributed by atoms with Gasteiger partial charge in [0.2, 0.25) is 10.8 Å². The van der Waals surface area contributed by atoms with Gasteiger partial charge in [0.15, 0.2) is 15.5 Å². The number of hydrogen-bond donors (Lipinski definition) is 4. The molecule has 8 saturated heterocycles. The molecule has 12 rings (SSSR count). The normalized spacial score (nSPS) is 46.2. The van der Waals surface area contributed by atoms with Crippen LogP contribution < -0.4 is 10.6 Å². The zero-order valence-corrected chi connectivity index (χ0v) is 28.9. The molecule has 15 heteroatoms. The summed E-state index contributed by atoms with van der Waals surface area (Å²) < 4.78 is -1.33. The molecule has 2 aromatic carbocycles. The summed E-state index contributed by atoms with van der Waals surface area (Å²) in [5.41, 5.74) is 0.207. The first-order valence-corrected chi connectivity index (χ1v) is 19.9. The van der Waals surface area contributed by atoms with Gasteiger partial charge >= 0.3 is 0 Å². The van der Waals surface area contributed by atoms with Crippen molar-refractivity contribution in [2.45, 2.75) is 68.7 Å². The molecular formula is C32H31N5O6S4. The third kappa shape index (κ3) is 2.57. The second kappa shape index (κ2) is 8.41. The lowest BCUT2D eigenvalue weighted by Gasteiger charge is -2.59. The summed E-state index contributed by atoms with van der Waals surface area (Å²) in [5, 5.41) is 28.9. The molecule has 2 aromatic rings. The molecule has 4 bridgehead atoms. The number of benzene rings is 2. The Balaban J connectivity index is 1.32. The number of Topliss-reactive ketones (excluding diaryl/α,β-unsaturated/α-hetero) is 1. The number of piperidine rings is 1. The number of nitrogens with one attached hydrogen (secondary N) is 2. The van der Waals surface area contributed by atoms with Crippen LogP contribution >= 0.6 is 43.2 Å². The number of para-hydroxylation sites is 2. The van der Waals surface area contributed by atoms with Gasteiger partial charge in [-0.05, 0) is 41.0 Å². The van der Waals surface area contributed by atoms with Gasteiger partial charge in [0, 0.05) is 37.2 Å². The Morgan fingerprint density at radius 2 is 1.51 bits per heavy atom. The number of carbonyl (C=O) groups excluding carboxylic acids is 4. The molecule has 47 heavy (non-hydrogen) atoms. The van der Waals surface area contributed by atoms with Crippen molar-refractivity contribution in [1.82, 2.24) is 14.7 Å². The van der Waals surface area contributed by atoms with Crippen LogP contribution in [0.15, 0.2) is 48.5 Å². The average Bonchev–Trinajstić information content (AvgIpc) is 3.71. The van der Waals surface area contributed by atoms with Crippen molar-refractivity contribution < 1.29 is 29.4 Å². The number of nitrogens with zero attached hydrogens (tertiary/aromatic N) is 3. The third-order valence-electron chi connectivity index (χ3n) is 12.9. The maximum Gasteiger partial charge on any atom is 0.265 e. The molecule has 4 N–H and O–H groups in total. The molecule has 10 aliphatic rings. The van der Waals surface area contributed by atoms with Crippen molar-refractivity contribution in [3.05, 3.63) is 59.7 Å². The van der Waals surface area contributed by atoms with E-state index < -0.39 is 61.2 Å². The molecule has 11 nitrogen and oxygen atoms in total. The minimum Gasteiger partial charge on any atom is -0.394 e. The highest BCUT2D eigenvalue weighted by molar-refractivity contribution is 8.78. The van der Waals surface area contributed by atoms with Crippen LogP contribution in [0.2, 0.25) is 0 Å². The second-order valence-electron chi connectivity index (χ2n) is 14.2. The number of aliphatic hydroxyl groups is 2. The van der Waals surface area contributed by atoms with E-state index >= 15 is 0 Å². The van der Waals surface area contributed by atoms with Crippen LogP contribution in [0.3, 0.4) is 0 Å². The van der Waals surface area contributed by atoms with Crippen molar-refractivity contribution in [2.75, 3.05) is 30.9 Å². The largest absolute Gasteiger partial charge is 0.394 e. The second-order valence-corrected chi connectivity index (χ2v) is 19.6. The Hall–Kier alpha value is -2.56. The van der Waals surface area contributed by atoms with E-state index in [4.69, 9.17) is 0 Å². The van der Waals surface area contributed by atoms with Crippen molar-refractivity contribution in [2.24, 2.45) is 5.92 Å². The Bertz CT molecular complexity index is 1920. The van der Waals surface area contributed by atoms with E-state index in [9.17, 15) is 29.4 Å². The Morgan fingerprint density at radius 1 is 0.830 bits per heavy atom. The van der Waals surface area contributed by atoms with Crippen molar-refractivity contribution in [3.8, 4) is 0 Å². The van der Waals surface area contributed by atoms with E-state index in [1.54, 1.807) is 23.8 Å². The first kappa shape index (κ1) is 29.4. The molecule has 0 aromatic heterocycles. The summed E-state index contributed by atoms with van der Waals surface area (Å²) >= 11 is 0. The lowest BCUT2D eigenvalue weighted by molar-refractivity contribution is -0.166. The summed E-state index contributed by atoms with van der Waals surface area (Å²) in [6.45, 7) is 2.73. The van der Waals surface area contributed by atoms with Crippen LogP contribution in [-0.4, -0.2) is 99.9 Å². The summed E-state index contributed by atoms with van der Waals surface area (Å²) in [4.78, 5) is 59.9. The average molecular weight is 710 g/mol. The molecule has 0 radical (unpaired) electrons. The number of anilines is 2. The lowest BCUT2D eigenvalue weighted by atomic mass is 9.51. The van der Waals surface area contributed by atoms with Gasteiger partial charge in [-0.15, -0.1) is 0 Å². The highest BCUT2D eigenvalue weighted by Gasteiger charge is 2.90. The van der Waals surface area contributed by atoms with Crippen LogP contribution in [0.25, 0.3) is 0 Å². The number of rotatable bonds is 3. The van der Waals surface area contributed by atoms with E-state index in [-0.39, 0.29) is 36.3 Å². The summed E-state index contributed by atoms with van der Waals surface area (Å²) in [7, 11) is 6.82. The predicted molar refractivity (Wildman–Crippen MR) is 181 cm³/mol. The van der Waals surface area contributed by atoms with Crippen LogP contribution in [0.1, 0.15) is 37.8 Å². The number of piperazine rings is 1. The number of carbonyl (C=O) groups is 4. The van der Waals surface area contributed by atoms with Crippen molar-refractivity contribution in [3.63, 3.8) is 0 Å². The van der Waals surface area contributed by atoms with Gasteiger partial charge in [-0.3, -0.25) is 29.0 Å². The fourth-order valence-corrected chi connectivity index (χ4v) is 18.3. The molecule has 1 unspecified atom stereocenters. The molecule has 10 heterocycles.